The van der Waals surface area contributed by atoms with Gasteiger partial charge in [0.1, 0.15) is 5.75 Å². The van der Waals surface area contributed by atoms with Crippen LogP contribution in [0.5, 0.6) is 5.75 Å². The number of aliphatic carboxylic acids is 1. The number of carbonyl (C=O) groups excluding carboxylic acids is 1. The molecule has 0 atom stereocenters. The first-order valence-electron chi connectivity index (χ1n) is 7.25. The van der Waals surface area contributed by atoms with Gasteiger partial charge in [-0.25, -0.2) is 15.0 Å². The molecule has 0 saturated heterocycles. The molecule has 0 heterocycles. The van der Waals surface area contributed by atoms with Crippen LogP contribution in [0, 0.1) is 6.92 Å². The summed E-state index contributed by atoms with van der Waals surface area (Å²) >= 11 is 3.39. The molecule has 0 saturated carbocycles. The van der Waals surface area contributed by atoms with Gasteiger partial charge < -0.3 is 15.2 Å². The van der Waals surface area contributed by atoms with Crippen LogP contribution < -0.4 is 15.5 Å². The number of carboxylic acids is 1. The van der Waals surface area contributed by atoms with Gasteiger partial charge in [0.15, 0.2) is 6.61 Å². The second-order valence-electron chi connectivity index (χ2n) is 5.01. The number of benzene rings is 2. The molecule has 0 aliphatic rings. The van der Waals surface area contributed by atoms with Crippen LogP contribution in [-0.2, 0) is 4.79 Å². The Morgan fingerprint density at radius 2 is 2.04 bits per heavy atom. The van der Waals surface area contributed by atoms with Gasteiger partial charge in [-0.3, -0.25) is 0 Å². The predicted octanol–water partition coefficient (Wildman–Crippen LogP) is 3.38. The zero-order chi connectivity index (χ0) is 18.2. The number of hydrazone groups is 1. The largest absolute Gasteiger partial charge is 0.481 e. The molecule has 2 aromatic carbocycles. The summed E-state index contributed by atoms with van der Waals surface area (Å²) < 4.78 is 6.11. The maximum atomic E-state index is 11.8. The second kappa shape index (κ2) is 8.84. The summed E-state index contributed by atoms with van der Waals surface area (Å²) in [6.45, 7) is 1.46. The van der Waals surface area contributed by atoms with Crippen LogP contribution in [-0.4, -0.2) is 29.9 Å². The highest BCUT2D eigenvalue weighted by Crippen LogP contribution is 2.20. The lowest BCUT2D eigenvalue weighted by Gasteiger charge is -2.07. The van der Waals surface area contributed by atoms with Crippen molar-refractivity contribution in [3.63, 3.8) is 0 Å². The van der Waals surface area contributed by atoms with E-state index in [1.807, 2.05) is 19.1 Å². The van der Waals surface area contributed by atoms with Gasteiger partial charge in [-0.15, -0.1) is 0 Å². The minimum Gasteiger partial charge on any atom is -0.481 e. The van der Waals surface area contributed by atoms with Gasteiger partial charge >= 0.3 is 12.0 Å². The number of para-hydroxylation sites is 1. The molecular weight excluding hydrogens is 390 g/mol. The number of halogens is 1. The Bertz CT molecular complexity index is 808. The molecule has 0 spiro atoms. The van der Waals surface area contributed by atoms with E-state index in [0.717, 1.165) is 10.0 Å². The minimum absolute atomic E-state index is 0.361. The normalized spacial score (nSPS) is 10.5. The third kappa shape index (κ3) is 5.92. The number of anilines is 1. The van der Waals surface area contributed by atoms with Crippen LogP contribution in [0.2, 0.25) is 0 Å². The van der Waals surface area contributed by atoms with Gasteiger partial charge in [0, 0.05) is 15.7 Å². The Morgan fingerprint density at radius 3 is 2.76 bits per heavy atom. The van der Waals surface area contributed by atoms with E-state index in [1.54, 1.807) is 30.3 Å². The van der Waals surface area contributed by atoms with Crippen LogP contribution in [0.15, 0.2) is 52.0 Å². The number of carboxylic acid groups (broad SMARTS) is 1. The Balaban J connectivity index is 1.95. The van der Waals surface area contributed by atoms with Gasteiger partial charge in [-0.2, -0.15) is 5.10 Å². The summed E-state index contributed by atoms with van der Waals surface area (Å²) in [5.74, 6) is -0.714. The average molecular weight is 406 g/mol. The number of nitrogens with one attached hydrogen (secondary N) is 2. The zero-order valence-electron chi connectivity index (χ0n) is 13.3. The Kier molecular flexibility index (Phi) is 6.53. The van der Waals surface area contributed by atoms with Gasteiger partial charge in [0.25, 0.3) is 0 Å². The third-order valence-electron chi connectivity index (χ3n) is 3.06. The summed E-state index contributed by atoms with van der Waals surface area (Å²) in [5.41, 5.74) is 4.52. The lowest BCUT2D eigenvalue weighted by molar-refractivity contribution is -0.139. The molecule has 3 N–H and O–H groups in total. The van der Waals surface area contributed by atoms with Crippen LogP contribution in [0.3, 0.4) is 0 Å². The smallest absolute Gasteiger partial charge is 0.341 e. The van der Waals surface area contributed by atoms with Crippen LogP contribution in [0.1, 0.15) is 11.1 Å². The van der Waals surface area contributed by atoms with Gasteiger partial charge in [-0.1, -0.05) is 28.1 Å². The molecule has 2 aromatic rings. The van der Waals surface area contributed by atoms with Crippen LogP contribution in [0.25, 0.3) is 0 Å². The van der Waals surface area contributed by atoms with Crippen molar-refractivity contribution in [2.24, 2.45) is 5.10 Å². The van der Waals surface area contributed by atoms with Crippen molar-refractivity contribution in [2.45, 2.75) is 6.92 Å². The quantitative estimate of drug-likeness (QED) is 0.506. The monoisotopic (exact) mass is 405 g/mol. The number of carbonyl (C=O) groups is 2. The van der Waals surface area contributed by atoms with E-state index in [9.17, 15) is 9.59 Å². The van der Waals surface area contributed by atoms with Crippen LogP contribution in [0.4, 0.5) is 10.5 Å². The van der Waals surface area contributed by atoms with Crippen molar-refractivity contribution in [3.05, 3.63) is 58.1 Å². The van der Waals surface area contributed by atoms with Crippen molar-refractivity contribution in [3.8, 4) is 5.75 Å². The number of rotatable bonds is 6. The number of ether oxygens (including phenoxy) is 1. The number of hydrogen-bond donors (Lipinski definition) is 3. The van der Waals surface area contributed by atoms with E-state index in [-0.39, 0.29) is 0 Å². The molecule has 0 aromatic heterocycles. The SMILES string of the molecule is Cc1cc(NC(=O)N/N=C/c2ccccc2OCC(=O)O)ccc1Br. The fraction of sp³-hybridized carbons (Fsp3) is 0.118. The molecule has 8 heteroatoms. The predicted molar refractivity (Wildman–Crippen MR) is 98.2 cm³/mol. The van der Waals surface area contributed by atoms with Crippen LogP contribution >= 0.6 is 15.9 Å². The molecule has 0 fully saturated rings. The highest BCUT2D eigenvalue weighted by Gasteiger charge is 2.05. The molecule has 25 heavy (non-hydrogen) atoms. The highest BCUT2D eigenvalue weighted by molar-refractivity contribution is 9.10. The molecule has 2 amide bonds. The summed E-state index contributed by atoms with van der Waals surface area (Å²) in [7, 11) is 0. The van der Waals surface area contributed by atoms with E-state index in [0.29, 0.717) is 17.0 Å². The van der Waals surface area contributed by atoms with E-state index in [1.165, 1.54) is 6.21 Å². The highest BCUT2D eigenvalue weighted by atomic mass is 79.9. The van der Waals surface area contributed by atoms with Crippen molar-refractivity contribution >= 4 is 39.8 Å². The Labute approximate surface area is 152 Å². The summed E-state index contributed by atoms with van der Waals surface area (Å²) in [5, 5.41) is 15.2. The number of amides is 2. The molecule has 2 rings (SSSR count). The Hall–Kier alpha value is -2.87. The van der Waals surface area contributed by atoms with E-state index in [4.69, 9.17) is 9.84 Å². The van der Waals surface area contributed by atoms with E-state index < -0.39 is 18.6 Å². The first-order chi connectivity index (χ1) is 12.0. The maximum Gasteiger partial charge on any atom is 0.341 e. The molecule has 130 valence electrons. The Morgan fingerprint density at radius 1 is 1.28 bits per heavy atom. The van der Waals surface area contributed by atoms with Crippen molar-refractivity contribution in [1.29, 1.82) is 0 Å². The first-order valence-corrected chi connectivity index (χ1v) is 8.05. The van der Waals surface area contributed by atoms with Gasteiger partial charge in [0.2, 0.25) is 0 Å². The molecule has 7 nitrogen and oxygen atoms in total. The molecule has 0 aliphatic heterocycles. The number of nitrogens with zero attached hydrogens (tertiary/aromatic N) is 1. The minimum atomic E-state index is -1.07. The maximum absolute atomic E-state index is 11.8. The third-order valence-corrected chi connectivity index (χ3v) is 3.95. The number of urea groups is 1. The van der Waals surface area contributed by atoms with E-state index >= 15 is 0 Å². The molecule has 0 bridgehead atoms. The number of hydrogen-bond acceptors (Lipinski definition) is 4. The van der Waals surface area contributed by atoms with Crippen molar-refractivity contribution in [2.75, 3.05) is 11.9 Å². The summed E-state index contributed by atoms with van der Waals surface area (Å²) in [6, 6.07) is 11.7. The first kappa shape index (κ1) is 18.5. The van der Waals surface area contributed by atoms with Crippen molar-refractivity contribution in [1.82, 2.24) is 5.43 Å². The zero-order valence-corrected chi connectivity index (χ0v) is 14.9. The standard InChI is InChI=1S/C17H16BrN3O4/c1-11-8-13(6-7-14(11)18)20-17(24)21-19-9-12-4-2-3-5-15(12)25-10-16(22)23/h2-9H,10H2,1H3,(H,22,23)(H2,20,21,24)/b19-9+. The summed E-state index contributed by atoms with van der Waals surface area (Å²) in [6.07, 6.45) is 1.38. The molecule has 0 radical (unpaired) electrons. The van der Waals surface area contributed by atoms with Crippen molar-refractivity contribution < 1.29 is 19.4 Å². The fourth-order valence-corrected chi connectivity index (χ4v) is 2.15. The van der Waals surface area contributed by atoms with Gasteiger partial charge in [0.05, 0.1) is 6.21 Å². The number of aryl methyl sites for hydroxylation is 1. The summed E-state index contributed by atoms with van der Waals surface area (Å²) in [4.78, 5) is 22.4. The fourth-order valence-electron chi connectivity index (χ4n) is 1.90. The van der Waals surface area contributed by atoms with Gasteiger partial charge in [-0.05, 0) is 42.8 Å². The van der Waals surface area contributed by atoms with E-state index in [2.05, 4.69) is 31.8 Å². The molecule has 0 aliphatic carbocycles. The molecule has 0 unspecified atom stereocenters. The lowest BCUT2D eigenvalue weighted by Crippen LogP contribution is -2.24. The average Bonchev–Trinajstić information content (AvgIpc) is 2.57. The topological polar surface area (TPSA) is 100 Å². The second-order valence-corrected chi connectivity index (χ2v) is 5.86. The molecular formula is C17H16BrN3O4. The lowest BCUT2D eigenvalue weighted by atomic mass is 10.2.